The van der Waals surface area contributed by atoms with Gasteiger partial charge in [-0.3, -0.25) is 14.3 Å². The fraction of sp³-hybridized carbons (Fsp3) is 0.130. The van der Waals surface area contributed by atoms with E-state index in [1.165, 1.54) is 11.8 Å². The van der Waals surface area contributed by atoms with E-state index in [0.29, 0.717) is 29.0 Å². The van der Waals surface area contributed by atoms with E-state index < -0.39 is 0 Å². The van der Waals surface area contributed by atoms with Crippen molar-refractivity contribution in [3.63, 3.8) is 0 Å². The van der Waals surface area contributed by atoms with Gasteiger partial charge in [-0.1, -0.05) is 39.8 Å². The number of thioether (sulfide) groups is 1. The first kappa shape index (κ1) is 22.0. The summed E-state index contributed by atoms with van der Waals surface area (Å²) in [6, 6.07) is 19.0. The molecule has 0 atom stereocenters. The Morgan fingerprint density at radius 2 is 1.91 bits per heavy atom. The predicted octanol–water partition coefficient (Wildman–Crippen LogP) is 5.22. The van der Waals surface area contributed by atoms with Crippen LogP contribution in [0.2, 0.25) is 0 Å². The molecule has 0 bridgehead atoms. The van der Waals surface area contributed by atoms with E-state index in [2.05, 4.69) is 36.4 Å². The molecule has 4 rings (SSSR count). The van der Waals surface area contributed by atoms with Gasteiger partial charge in [-0.25, -0.2) is 0 Å². The number of rotatable bonds is 8. The second-order valence-corrected chi connectivity index (χ2v) is 8.48. The zero-order chi connectivity index (χ0) is 22.3. The molecule has 0 saturated carbocycles. The molecule has 0 aliphatic carbocycles. The van der Waals surface area contributed by atoms with Crippen molar-refractivity contribution in [2.45, 2.75) is 12.1 Å². The Balaban J connectivity index is 1.57. The number of nitrogens with zero attached hydrogens (tertiary/aromatic N) is 4. The first-order valence-corrected chi connectivity index (χ1v) is 11.7. The number of ether oxygens (including phenoxy) is 1. The standard InChI is InChI=1S/C23H20BrN5O2S/c1-2-31-20-8-4-3-7-19(20)26-21(30)15-32-23-28-27-22(16-6-5-13-25-14-16)29(23)18-11-9-17(24)10-12-18/h3-14H,2,15H2,1H3,(H,26,30). The molecule has 4 aromatic rings. The lowest BCUT2D eigenvalue weighted by Crippen LogP contribution is -2.15. The maximum Gasteiger partial charge on any atom is 0.234 e. The van der Waals surface area contributed by atoms with Crippen LogP contribution in [0.25, 0.3) is 17.1 Å². The van der Waals surface area contributed by atoms with Crippen molar-refractivity contribution in [2.75, 3.05) is 17.7 Å². The zero-order valence-electron chi connectivity index (χ0n) is 17.2. The molecular formula is C23H20BrN5O2S. The number of nitrogens with one attached hydrogen (secondary N) is 1. The molecular weight excluding hydrogens is 490 g/mol. The van der Waals surface area contributed by atoms with Crippen LogP contribution in [-0.4, -0.2) is 38.0 Å². The van der Waals surface area contributed by atoms with Crippen molar-refractivity contribution in [1.29, 1.82) is 0 Å². The second kappa shape index (κ2) is 10.4. The average molecular weight is 510 g/mol. The van der Waals surface area contributed by atoms with Crippen molar-refractivity contribution < 1.29 is 9.53 Å². The molecule has 0 spiro atoms. The molecule has 0 aliphatic rings. The molecule has 162 valence electrons. The highest BCUT2D eigenvalue weighted by molar-refractivity contribution is 9.10. The molecule has 0 unspecified atom stereocenters. The highest BCUT2D eigenvalue weighted by Crippen LogP contribution is 2.29. The van der Waals surface area contributed by atoms with E-state index in [1.54, 1.807) is 12.4 Å². The molecule has 0 radical (unpaired) electrons. The molecule has 7 nitrogen and oxygen atoms in total. The molecule has 0 aliphatic heterocycles. The summed E-state index contributed by atoms with van der Waals surface area (Å²) in [5.41, 5.74) is 2.37. The number of halogens is 1. The maximum absolute atomic E-state index is 12.7. The lowest BCUT2D eigenvalue weighted by atomic mass is 10.2. The number of anilines is 1. The summed E-state index contributed by atoms with van der Waals surface area (Å²) >= 11 is 4.78. The van der Waals surface area contributed by atoms with E-state index in [4.69, 9.17) is 4.74 Å². The summed E-state index contributed by atoms with van der Waals surface area (Å²) < 4.78 is 8.48. The van der Waals surface area contributed by atoms with E-state index in [9.17, 15) is 4.79 Å². The van der Waals surface area contributed by atoms with Crippen molar-refractivity contribution in [2.24, 2.45) is 0 Å². The van der Waals surface area contributed by atoms with E-state index >= 15 is 0 Å². The topological polar surface area (TPSA) is 81.9 Å². The minimum Gasteiger partial charge on any atom is -0.492 e. The van der Waals surface area contributed by atoms with Crippen LogP contribution < -0.4 is 10.1 Å². The second-order valence-electron chi connectivity index (χ2n) is 6.63. The first-order chi connectivity index (χ1) is 15.7. The van der Waals surface area contributed by atoms with E-state index in [1.807, 2.05) is 72.2 Å². The average Bonchev–Trinajstić information content (AvgIpc) is 3.24. The van der Waals surface area contributed by atoms with Crippen LogP contribution in [0.5, 0.6) is 5.75 Å². The van der Waals surface area contributed by atoms with Crippen LogP contribution in [-0.2, 0) is 4.79 Å². The highest BCUT2D eigenvalue weighted by Gasteiger charge is 2.18. The summed E-state index contributed by atoms with van der Waals surface area (Å²) in [4.78, 5) is 16.8. The Morgan fingerprint density at radius 1 is 1.09 bits per heavy atom. The quantitative estimate of drug-likeness (QED) is 0.328. The molecule has 2 aromatic carbocycles. The molecule has 2 heterocycles. The van der Waals surface area contributed by atoms with Gasteiger partial charge in [0.15, 0.2) is 11.0 Å². The van der Waals surface area contributed by atoms with Crippen LogP contribution in [0.15, 0.2) is 82.7 Å². The zero-order valence-corrected chi connectivity index (χ0v) is 19.6. The fourth-order valence-electron chi connectivity index (χ4n) is 3.04. The number of para-hydroxylation sites is 2. The van der Waals surface area contributed by atoms with E-state index in [0.717, 1.165) is 15.7 Å². The van der Waals surface area contributed by atoms with Crippen LogP contribution >= 0.6 is 27.7 Å². The predicted molar refractivity (Wildman–Crippen MR) is 129 cm³/mol. The smallest absolute Gasteiger partial charge is 0.234 e. The largest absolute Gasteiger partial charge is 0.492 e. The van der Waals surface area contributed by atoms with Gasteiger partial charge in [0.1, 0.15) is 5.75 Å². The molecule has 32 heavy (non-hydrogen) atoms. The van der Waals surface area contributed by atoms with Crippen molar-refractivity contribution in [3.8, 4) is 22.8 Å². The number of aromatic nitrogens is 4. The monoisotopic (exact) mass is 509 g/mol. The first-order valence-electron chi connectivity index (χ1n) is 9.92. The molecule has 1 amide bonds. The number of hydrogen-bond donors (Lipinski definition) is 1. The number of benzene rings is 2. The molecule has 2 aromatic heterocycles. The number of hydrogen-bond acceptors (Lipinski definition) is 6. The number of carbonyl (C=O) groups is 1. The van der Waals surface area contributed by atoms with Gasteiger partial charge in [0, 0.05) is 28.1 Å². The molecule has 0 fully saturated rings. The fourth-order valence-corrected chi connectivity index (χ4v) is 4.05. The third kappa shape index (κ3) is 5.17. The Labute approximate surface area is 198 Å². The molecule has 1 N–H and O–H groups in total. The van der Waals surface area contributed by atoms with Crippen LogP contribution in [0, 0.1) is 0 Å². The Kier molecular flexibility index (Phi) is 7.18. The lowest BCUT2D eigenvalue weighted by molar-refractivity contribution is -0.113. The van der Waals surface area contributed by atoms with Gasteiger partial charge >= 0.3 is 0 Å². The van der Waals surface area contributed by atoms with Gasteiger partial charge in [0.2, 0.25) is 5.91 Å². The molecule has 0 saturated heterocycles. The molecule has 9 heteroatoms. The van der Waals surface area contributed by atoms with E-state index in [-0.39, 0.29) is 11.7 Å². The summed E-state index contributed by atoms with van der Waals surface area (Å²) in [5.74, 6) is 1.31. The summed E-state index contributed by atoms with van der Waals surface area (Å²) in [7, 11) is 0. The normalized spacial score (nSPS) is 10.7. The maximum atomic E-state index is 12.7. The SMILES string of the molecule is CCOc1ccccc1NC(=O)CSc1nnc(-c2cccnc2)n1-c1ccc(Br)cc1. The number of amides is 1. The Bertz CT molecular complexity index is 1200. The van der Waals surface area contributed by atoms with Gasteiger partial charge in [-0.05, 0) is 55.5 Å². The number of carbonyl (C=O) groups excluding carboxylic acids is 1. The van der Waals surface area contributed by atoms with Gasteiger partial charge in [-0.15, -0.1) is 10.2 Å². The summed E-state index contributed by atoms with van der Waals surface area (Å²) in [6.45, 7) is 2.43. The number of pyridine rings is 1. The third-order valence-electron chi connectivity index (χ3n) is 4.43. The van der Waals surface area contributed by atoms with Crippen LogP contribution in [0.1, 0.15) is 6.92 Å². The van der Waals surface area contributed by atoms with Crippen molar-refractivity contribution >= 4 is 39.3 Å². The third-order valence-corrected chi connectivity index (χ3v) is 5.89. The van der Waals surface area contributed by atoms with Crippen molar-refractivity contribution in [3.05, 3.63) is 77.5 Å². The summed E-state index contributed by atoms with van der Waals surface area (Å²) in [6.07, 6.45) is 3.45. The highest BCUT2D eigenvalue weighted by atomic mass is 79.9. The van der Waals surface area contributed by atoms with Crippen LogP contribution in [0.3, 0.4) is 0 Å². The Morgan fingerprint density at radius 3 is 2.66 bits per heavy atom. The summed E-state index contributed by atoms with van der Waals surface area (Å²) in [5, 5.41) is 12.2. The van der Waals surface area contributed by atoms with Gasteiger partial charge in [0.25, 0.3) is 0 Å². The minimum absolute atomic E-state index is 0.157. The Hall–Kier alpha value is -3.17. The van der Waals surface area contributed by atoms with Gasteiger partial charge < -0.3 is 10.1 Å². The van der Waals surface area contributed by atoms with Gasteiger partial charge in [-0.2, -0.15) is 0 Å². The van der Waals surface area contributed by atoms with Crippen LogP contribution in [0.4, 0.5) is 5.69 Å². The lowest BCUT2D eigenvalue weighted by Gasteiger charge is -2.12. The van der Waals surface area contributed by atoms with Crippen molar-refractivity contribution in [1.82, 2.24) is 19.7 Å². The minimum atomic E-state index is -0.157. The van der Waals surface area contributed by atoms with Gasteiger partial charge in [0.05, 0.1) is 18.0 Å².